The Morgan fingerprint density at radius 2 is 1.35 bits per heavy atom. The number of aryl methyl sites for hydroxylation is 2. The zero-order valence-electron chi connectivity index (χ0n) is 25.9. The number of benzene rings is 3. The maximum absolute atomic E-state index is 12.7. The van der Waals surface area contributed by atoms with Crippen LogP contribution in [0.25, 0.3) is 11.1 Å². The minimum Gasteiger partial charge on any atom is -0.463 e. The van der Waals surface area contributed by atoms with E-state index in [-0.39, 0.29) is 25.4 Å². The molecule has 0 saturated heterocycles. The number of nitrogens with one attached hydrogen (secondary N) is 2. The van der Waals surface area contributed by atoms with Crippen LogP contribution in [0.4, 0.5) is 4.79 Å². The van der Waals surface area contributed by atoms with Crippen molar-refractivity contribution >= 4 is 23.8 Å². The van der Waals surface area contributed by atoms with E-state index >= 15 is 0 Å². The number of carbonyl (C=O) groups is 4. The Hall–Kier alpha value is -5.31. The SMILES string of the molecule is COC(=O)C(=O)[C@H](Cc1ccncc1)NC(=O)CCc1ccc(-c2ccc(CCCCNC(=O)OCc3ccccc3)cc2)cc1. The molecule has 0 unspecified atom stereocenters. The van der Waals surface area contributed by atoms with Crippen molar-refractivity contribution in [1.82, 2.24) is 15.6 Å². The second-order valence-corrected chi connectivity index (χ2v) is 10.9. The summed E-state index contributed by atoms with van der Waals surface area (Å²) in [6.45, 7) is 0.827. The van der Waals surface area contributed by atoms with E-state index in [1.807, 2.05) is 54.6 Å². The van der Waals surface area contributed by atoms with E-state index in [0.717, 1.165) is 54.2 Å². The fourth-order valence-electron chi connectivity index (χ4n) is 4.88. The first-order chi connectivity index (χ1) is 22.4. The van der Waals surface area contributed by atoms with Crippen molar-refractivity contribution in [3.63, 3.8) is 0 Å². The topological polar surface area (TPSA) is 124 Å². The number of nitrogens with zero attached hydrogens (tertiary/aromatic N) is 1. The van der Waals surface area contributed by atoms with Gasteiger partial charge in [0.2, 0.25) is 5.91 Å². The Morgan fingerprint density at radius 1 is 0.717 bits per heavy atom. The van der Waals surface area contributed by atoms with Gasteiger partial charge in [0.25, 0.3) is 5.78 Å². The molecule has 238 valence electrons. The van der Waals surface area contributed by atoms with Crippen molar-refractivity contribution in [2.75, 3.05) is 13.7 Å². The van der Waals surface area contributed by atoms with E-state index in [2.05, 4.69) is 44.6 Å². The van der Waals surface area contributed by atoms with E-state index in [4.69, 9.17) is 4.74 Å². The van der Waals surface area contributed by atoms with Gasteiger partial charge in [0.1, 0.15) is 12.6 Å². The number of hydrogen-bond donors (Lipinski definition) is 2. The lowest BCUT2D eigenvalue weighted by Gasteiger charge is -2.16. The molecule has 0 spiro atoms. The minimum atomic E-state index is -1.02. The predicted octanol–water partition coefficient (Wildman–Crippen LogP) is 5.40. The second kappa shape index (κ2) is 17.9. The molecule has 4 aromatic rings. The van der Waals surface area contributed by atoms with Gasteiger partial charge in [-0.25, -0.2) is 9.59 Å². The lowest BCUT2D eigenvalue weighted by Crippen LogP contribution is -2.45. The van der Waals surface area contributed by atoms with E-state index in [1.54, 1.807) is 24.5 Å². The fourth-order valence-corrected chi connectivity index (χ4v) is 4.88. The molecule has 9 nitrogen and oxygen atoms in total. The standard InChI is InChI=1S/C37H39N3O6/c1-45-36(43)35(42)33(25-29-20-23-38-24-21-29)40-34(41)19-14-28-12-17-32(18-13-28)31-15-10-27(11-16-31)7-5-6-22-39-37(44)46-26-30-8-3-2-4-9-30/h2-4,8-13,15-18,20-21,23-24,33H,5-7,14,19,22,25-26H2,1H3,(H,39,44)(H,40,41)/t33-/m0/s1. The van der Waals surface area contributed by atoms with Crippen molar-refractivity contribution in [1.29, 1.82) is 0 Å². The molecular weight excluding hydrogens is 582 g/mol. The summed E-state index contributed by atoms with van der Waals surface area (Å²) in [5.74, 6) is -2.11. The number of hydrogen-bond acceptors (Lipinski definition) is 7. The van der Waals surface area contributed by atoms with Gasteiger partial charge in [0.05, 0.1) is 7.11 Å². The highest BCUT2D eigenvalue weighted by Gasteiger charge is 2.27. The van der Waals surface area contributed by atoms with Crippen molar-refractivity contribution in [2.24, 2.45) is 0 Å². The molecule has 4 rings (SSSR count). The fraction of sp³-hybridized carbons (Fsp3) is 0.270. The smallest absolute Gasteiger partial charge is 0.407 e. The molecule has 0 bridgehead atoms. The predicted molar refractivity (Wildman–Crippen MR) is 175 cm³/mol. The van der Waals surface area contributed by atoms with E-state index < -0.39 is 23.9 Å². The van der Waals surface area contributed by atoms with Crippen molar-refractivity contribution in [3.8, 4) is 11.1 Å². The molecule has 2 amide bonds. The number of Topliss-reactive ketones (excluding diaryl/α,β-unsaturated/α-hetero) is 1. The number of ketones is 1. The summed E-state index contributed by atoms with van der Waals surface area (Å²) in [5.41, 5.74) is 6.10. The second-order valence-electron chi connectivity index (χ2n) is 10.9. The van der Waals surface area contributed by atoms with E-state index in [0.29, 0.717) is 13.0 Å². The van der Waals surface area contributed by atoms with Crippen molar-refractivity contribution in [3.05, 3.63) is 126 Å². The highest BCUT2D eigenvalue weighted by atomic mass is 16.5. The number of ether oxygens (including phenoxy) is 2. The number of methoxy groups -OCH3 is 1. The molecular formula is C37H39N3O6. The number of alkyl carbamates (subject to hydrolysis) is 1. The van der Waals surface area contributed by atoms with Gasteiger partial charge < -0.3 is 20.1 Å². The molecule has 0 radical (unpaired) electrons. The minimum absolute atomic E-state index is 0.166. The van der Waals surface area contributed by atoms with Crippen LogP contribution in [-0.2, 0) is 49.7 Å². The summed E-state index contributed by atoms with van der Waals surface area (Å²) in [4.78, 5) is 52.9. The van der Waals surface area contributed by atoms with Gasteiger partial charge >= 0.3 is 12.1 Å². The molecule has 0 aliphatic carbocycles. The highest BCUT2D eigenvalue weighted by Crippen LogP contribution is 2.21. The lowest BCUT2D eigenvalue weighted by atomic mass is 9.99. The molecule has 2 N–H and O–H groups in total. The molecule has 46 heavy (non-hydrogen) atoms. The average molecular weight is 622 g/mol. The summed E-state index contributed by atoms with van der Waals surface area (Å²) >= 11 is 0. The van der Waals surface area contributed by atoms with Crippen LogP contribution >= 0.6 is 0 Å². The summed E-state index contributed by atoms with van der Waals surface area (Å²) in [6, 6.07) is 28.5. The molecule has 1 aromatic heterocycles. The molecule has 9 heteroatoms. The number of unbranched alkanes of at least 4 members (excludes halogenated alkanes) is 1. The summed E-state index contributed by atoms with van der Waals surface area (Å²) < 4.78 is 9.81. The highest BCUT2D eigenvalue weighted by molar-refractivity contribution is 6.36. The Balaban J connectivity index is 1.17. The molecule has 1 heterocycles. The largest absolute Gasteiger partial charge is 0.463 e. The third-order valence-electron chi connectivity index (χ3n) is 7.48. The van der Waals surface area contributed by atoms with E-state index in [9.17, 15) is 19.2 Å². The molecule has 0 aliphatic rings. The maximum Gasteiger partial charge on any atom is 0.407 e. The Labute approximate surface area is 269 Å². The first-order valence-electron chi connectivity index (χ1n) is 15.3. The first kappa shape index (κ1) is 33.6. The number of carbonyl (C=O) groups excluding carboxylic acids is 4. The third-order valence-corrected chi connectivity index (χ3v) is 7.48. The van der Waals surface area contributed by atoms with Gasteiger partial charge in [-0.05, 0) is 71.2 Å². The van der Waals surface area contributed by atoms with Crippen LogP contribution in [0.1, 0.15) is 41.5 Å². The van der Waals surface area contributed by atoms with Gasteiger partial charge in [-0.3, -0.25) is 14.6 Å². The summed E-state index contributed by atoms with van der Waals surface area (Å²) in [6.07, 6.45) is 6.31. The normalized spacial score (nSPS) is 11.2. The molecule has 1 atom stereocenters. The maximum atomic E-state index is 12.7. The van der Waals surface area contributed by atoms with Crippen molar-refractivity contribution < 1.29 is 28.7 Å². The van der Waals surface area contributed by atoms with Gasteiger partial charge in [0.15, 0.2) is 0 Å². The van der Waals surface area contributed by atoms with Gasteiger partial charge in [-0.15, -0.1) is 0 Å². The summed E-state index contributed by atoms with van der Waals surface area (Å²) in [5, 5.41) is 5.50. The van der Waals surface area contributed by atoms with Crippen LogP contribution in [0.5, 0.6) is 0 Å². The Bertz CT molecular complexity index is 1560. The van der Waals surface area contributed by atoms with Crippen LogP contribution in [0, 0.1) is 0 Å². The van der Waals surface area contributed by atoms with Crippen LogP contribution < -0.4 is 10.6 Å². The third kappa shape index (κ3) is 11.0. The molecule has 3 aromatic carbocycles. The average Bonchev–Trinajstić information content (AvgIpc) is 3.10. The zero-order valence-corrected chi connectivity index (χ0v) is 25.9. The number of pyridine rings is 1. The lowest BCUT2D eigenvalue weighted by molar-refractivity contribution is -0.152. The monoisotopic (exact) mass is 621 g/mol. The molecule has 0 fully saturated rings. The van der Waals surface area contributed by atoms with Crippen LogP contribution in [0.15, 0.2) is 103 Å². The van der Waals surface area contributed by atoms with Crippen molar-refractivity contribution in [2.45, 2.75) is 51.2 Å². The Kier molecular flexibility index (Phi) is 13.0. The van der Waals surface area contributed by atoms with Gasteiger partial charge in [-0.2, -0.15) is 0 Å². The van der Waals surface area contributed by atoms with Crippen LogP contribution in [0.2, 0.25) is 0 Å². The van der Waals surface area contributed by atoms with Crippen LogP contribution in [0.3, 0.4) is 0 Å². The summed E-state index contributed by atoms with van der Waals surface area (Å²) in [7, 11) is 1.14. The quantitative estimate of drug-likeness (QED) is 0.0976. The zero-order chi connectivity index (χ0) is 32.6. The number of aromatic nitrogens is 1. The molecule has 0 saturated carbocycles. The number of amides is 2. The number of rotatable bonds is 16. The van der Waals surface area contributed by atoms with Crippen LogP contribution in [-0.4, -0.2) is 48.4 Å². The van der Waals surface area contributed by atoms with Gasteiger partial charge in [-0.1, -0.05) is 78.9 Å². The van der Waals surface area contributed by atoms with E-state index in [1.165, 1.54) is 5.56 Å². The first-order valence-corrected chi connectivity index (χ1v) is 15.3. The van der Waals surface area contributed by atoms with Gasteiger partial charge in [0, 0.05) is 31.8 Å². The molecule has 0 aliphatic heterocycles. The Morgan fingerprint density at radius 3 is 1.98 bits per heavy atom. The number of esters is 1.